The maximum absolute atomic E-state index is 5.92. The SMILES string of the molecule is CC(C)n1c(N(C)C)nc2cnc(Cl)cc21. The molecule has 4 nitrogen and oxygen atoms in total. The summed E-state index contributed by atoms with van der Waals surface area (Å²) in [6, 6.07) is 2.19. The first kappa shape index (κ1) is 11.2. The van der Waals surface area contributed by atoms with Gasteiger partial charge >= 0.3 is 0 Å². The van der Waals surface area contributed by atoms with E-state index in [0.717, 1.165) is 17.0 Å². The molecule has 0 spiro atoms. The van der Waals surface area contributed by atoms with E-state index in [4.69, 9.17) is 11.6 Å². The number of anilines is 1. The molecule has 2 aromatic heterocycles. The lowest BCUT2D eigenvalue weighted by molar-refractivity contribution is 0.615. The maximum atomic E-state index is 5.92. The lowest BCUT2D eigenvalue weighted by Crippen LogP contribution is -2.16. The Morgan fingerprint density at radius 1 is 1.38 bits per heavy atom. The molecule has 0 amide bonds. The van der Waals surface area contributed by atoms with E-state index in [0.29, 0.717) is 11.2 Å². The molecule has 2 rings (SSSR count). The van der Waals surface area contributed by atoms with Crippen molar-refractivity contribution in [3.63, 3.8) is 0 Å². The first-order valence-corrected chi connectivity index (χ1v) is 5.59. The van der Waals surface area contributed by atoms with Crippen molar-refractivity contribution in [1.29, 1.82) is 0 Å². The predicted molar refractivity (Wildman–Crippen MR) is 67.3 cm³/mol. The Bertz CT molecular complexity index is 516. The molecule has 0 bridgehead atoms. The number of imidazole rings is 1. The quantitative estimate of drug-likeness (QED) is 0.755. The van der Waals surface area contributed by atoms with Crippen LogP contribution in [0.1, 0.15) is 19.9 Å². The molecule has 2 heterocycles. The summed E-state index contributed by atoms with van der Waals surface area (Å²) in [5, 5.41) is 0.500. The minimum absolute atomic E-state index is 0.334. The molecule has 0 radical (unpaired) electrons. The van der Waals surface area contributed by atoms with Crippen LogP contribution < -0.4 is 4.90 Å². The standard InChI is InChI=1S/C11H15ClN4/c1-7(2)16-9-5-10(12)13-6-8(9)14-11(16)15(3)4/h5-7H,1-4H3. The summed E-state index contributed by atoms with van der Waals surface area (Å²) in [5.74, 6) is 0.925. The Kier molecular flexibility index (Phi) is 2.76. The minimum atomic E-state index is 0.334. The molecule has 0 atom stereocenters. The molecule has 2 aromatic rings. The summed E-state index contributed by atoms with van der Waals surface area (Å²) in [4.78, 5) is 10.6. The van der Waals surface area contributed by atoms with Gasteiger partial charge in [-0.1, -0.05) is 11.6 Å². The second-order valence-corrected chi connectivity index (χ2v) is 4.65. The van der Waals surface area contributed by atoms with Crippen LogP contribution in [0.15, 0.2) is 12.3 Å². The fourth-order valence-electron chi connectivity index (χ4n) is 1.79. The van der Waals surface area contributed by atoms with Gasteiger partial charge in [-0.25, -0.2) is 9.97 Å². The van der Waals surface area contributed by atoms with Gasteiger partial charge < -0.3 is 9.47 Å². The predicted octanol–water partition coefficient (Wildman–Crippen LogP) is 2.73. The van der Waals surface area contributed by atoms with E-state index in [1.54, 1.807) is 6.20 Å². The highest BCUT2D eigenvalue weighted by molar-refractivity contribution is 6.29. The Labute approximate surface area is 99.9 Å². The van der Waals surface area contributed by atoms with Crippen molar-refractivity contribution >= 4 is 28.6 Å². The van der Waals surface area contributed by atoms with Gasteiger partial charge in [0.1, 0.15) is 10.7 Å². The zero-order chi connectivity index (χ0) is 11.9. The van der Waals surface area contributed by atoms with Crippen LogP contribution in [-0.4, -0.2) is 28.6 Å². The molecule has 0 aromatic carbocycles. The highest BCUT2D eigenvalue weighted by atomic mass is 35.5. The highest BCUT2D eigenvalue weighted by Gasteiger charge is 2.15. The van der Waals surface area contributed by atoms with Crippen LogP contribution in [-0.2, 0) is 0 Å². The Morgan fingerprint density at radius 2 is 2.06 bits per heavy atom. The lowest BCUT2D eigenvalue weighted by Gasteiger charge is -2.17. The number of halogens is 1. The van der Waals surface area contributed by atoms with Gasteiger partial charge in [0.05, 0.1) is 11.7 Å². The van der Waals surface area contributed by atoms with Crippen molar-refractivity contribution in [2.75, 3.05) is 19.0 Å². The Morgan fingerprint density at radius 3 is 2.62 bits per heavy atom. The molecular weight excluding hydrogens is 224 g/mol. The molecule has 0 saturated heterocycles. The molecule has 0 N–H and O–H groups in total. The molecule has 0 saturated carbocycles. The van der Waals surface area contributed by atoms with Crippen molar-refractivity contribution in [3.8, 4) is 0 Å². The van der Waals surface area contributed by atoms with Crippen LogP contribution >= 0.6 is 11.6 Å². The van der Waals surface area contributed by atoms with Crippen LogP contribution in [0.2, 0.25) is 5.15 Å². The highest BCUT2D eigenvalue weighted by Crippen LogP contribution is 2.26. The van der Waals surface area contributed by atoms with Gasteiger partial charge in [-0.15, -0.1) is 0 Å². The first-order chi connectivity index (χ1) is 7.50. The zero-order valence-electron chi connectivity index (χ0n) is 9.90. The summed E-state index contributed by atoms with van der Waals surface area (Å²) >= 11 is 5.92. The van der Waals surface area contributed by atoms with Gasteiger partial charge in [-0.3, -0.25) is 0 Å². The monoisotopic (exact) mass is 238 g/mol. The van der Waals surface area contributed by atoms with Gasteiger partial charge in [0.2, 0.25) is 5.95 Å². The molecule has 0 aliphatic rings. The molecule has 0 aliphatic heterocycles. The molecule has 0 aliphatic carbocycles. The van der Waals surface area contributed by atoms with Crippen LogP contribution in [0.3, 0.4) is 0 Å². The first-order valence-electron chi connectivity index (χ1n) is 5.21. The van der Waals surface area contributed by atoms with Gasteiger partial charge in [0.15, 0.2) is 0 Å². The van der Waals surface area contributed by atoms with E-state index in [1.165, 1.54) is 0 Å². The molecule has 5 heteroatoms. The zero-order valence-corrected chi connectivity index (χ0v) is 10.7. The largest absolute Gasteiger partial charge is 0.348 e. The van der Waals surface area contributed by atoms with E-state index >= 15 is 0 Å². The van der Waals surface area contributed by atoms with E-state index in [1.807, 2.05) is 25.1 Å². The van der Waals surface area contributed by atoms with Crippen LogP contribution in [0, 0.1) is 0 Å². The normalized spacial score (nSPS) is 11.4. The molecule has 0 fully saturated rings. The maximum Gasteiger partial charge on any atom is 0.206 e. The van der Waals surface area contributed by atoms with Gasteiger partial charge in [-0.05, 0) is 13.8 Å². The van der Waals surface area contributed by atoms with Gasteiger partial charge in [0.25, 0.3) is 0 Å². The van der Waals surface area contributed by atoms with Crippen molar-refractivity contribution in [2.45, 2.75) is 19.9 Å². The summed E-state index contributed by atoms with van der Waals surface area (Å²) in [6.07, 6.45) is 1.71. The van der Waals surface area contributed by atoms with Crippen molar-refractivity contribution in [1.82, 2.24) is 14.5 Å². The van der Waals surface area contributed by atoms with Crippen LogP contribution in [0.25, 0.3) is 11.0 Å². The van der Waals surface area contributed by atoms with Crippen molar-refractivity contribution in [2.24, 2.45) is 0 Å². The number of aromatic nitrogens is 3. The van der Waals surface area contributed by atoms with Crippen molar-refractivity contribution < 1.29 is 0 Å². The average molecular weight is 239 g/mol. The minimum Gasteiger partial charge on any atom is -0.348 e. The third-order valence-electron chi connectivity index (χ3n) is 2.44. The summed E-state index contributed by atoms with van der Waals surface area (Å²) in [5.41, 5.74) is 1.90. The number of hydrogen-bond donors (Lipinski definition) is 0. The second-order valence-electron chi connectivity index (χ2n) is 4.27. The summed E-state index contributed by atoms with van der Waals surface area (Å²) in [6.45, 7) is 4.25. The fraction of sp³-hybridized carbons (Fsp3) is 0.455. The number of pyridine rings is 1. The van der Waals surface area contributed by atoms with Gasteiger partial charge in [-0.2, -0.15) is 0 Å². The van der Waals surface area contributed by atoms with Crippen molar-refractivity contribution in [3.05, 3.63) is 17.4 Å². The second kappa shape index (κ2) is 3.94. The molecule has 0 unspecified atom stereocenters. The third kappa shape index (κ3) is 1.73. The van der Waals surface area contributed by atoms with Gasteiger partial charge in [0, 0.05) is 26.2 Å². The smallest absolute Gasteiger partial charge is 0.206 e. The van der Waals surface area contributed by atoms with Crippen LogP contribution in [0.5, 0.6) is 0 Å². The van der Waals surface area contributed by atoms with E-state index in [2.05, 4.69) is 28.4 Å². The number of fused-ring (bicyclic) bond motifs is 1. The summed E-state index contributed by atoms with van der Waals surface area (Å²) in [7, 11) is 3.96. The molecular formula is C11H15ClN4. The third-order valence-corrected chi connectivity index (χ3v) is 2.65. The van der Waals surface area contributed by atoms with E-state index in [-0.39, 0.29) is 0 Å². The number of hydrogen-bond acceptors (Lipinski definition) is 3. The van der Waals surface area contributed by atoms with E-state index < -0.39 is 0 Å². The Hall–Kier alpha value is -1.29. The number of nitrogens with zero attached hydrogens (tertiary/aromatic N) is 4. The lowest BCUT2D eigenvalue weighted by atomic mass is 10.3. The molecule has 86 valence electrons. The average Bonchev–Trinajstić information content (AvgIpc) is 2.55. The van der Waals surface area contributed by atoms with Crippen LogP contribution in [0.4, 0.5) is 5.95 Å². The topological polar surface area (TPSA) is 34.0 Å². The number of rotatable bonds is 2. The molecule has 16 heavy (non-hydrogen) atoms. The Balaban J connectivity index is 2.77. The van der Waals surface area contributed by atoms with E-state index in [9.17, 15) is 0 Å². The summed E-state index contributed by atoms with van der Waals surface area (Å²) < 4.78 is 2.16. The fourth-order valence-corrected chi connectivity index (χ4v) is 1.94.